The van der Waals surface area contributed by atoms with Crippen molar-refractivity contribution in [3.8, 4) is 5.75 Å². The Morgan fingerprint density at radius 3 is 2.85 bits per heavy atom. The molecule has 1 rings (SSSR count). The molecule has 1 aromatic carbocycles. The first-order valence-corrected chi connectivity index (χ1v) is 8.32. The van der Waals surface area contributed by atoms with Crippen LogP contribution in [0.15, 0.2) is 24.3 Å². The van der Waals surface area contributed by atoms with Gasteiger partial charge in [-0.15, -0.1) is 0 Å². The van der Waals surface area contributed by atoms with E-state index in [9.17, 15) is 4.79 Å². The lowest BCUT2D eigenvalue weighted by atomic mass is 10.0. The molecular formula is C15H21BrClNO2. The zero-order chi connectivity index (χ0) is 15.0. The maximum Gasteiger partial charge on any atom is 0.260 e. The zero-order valence-corrected chi connectivity index (χ0v) is 14.2. The van der Waals surface area contributed by atoms with Gasteiger partial charge in [-0.05, 0) is 37.5 Å². The summed E-state index contributed by atoms with van der Waals surface area (Å²) in [6.45, 7) is 4.55. The molecule has 2 unspecified atom stereocenters. The molecule has 112 valence electrons. The van der Waals surface area contributed by atoms with Crippen LogP contribution in [-0.4, -0.2) is 23.9 Å². The SMILES string of the molecule is CCC(CCBr)CNC(=O)C(C)Oc1cccc(Cl)c1. The average Bonchev–Trinajstić information content (AvgIpc) is 2.43. The fraction of sp³-hybridized carbons (Fsp3) is 0.533. The quantitative estimate of drug-likeness (QED) is 0.709. The Morgan fingerprint density at radius 2 is 2.25 bits per heavy atom. The first-order chi connectivity index (χ1) is 9.56. The molecular weight excluding hydrogens is 342 g/mol. The summed E-state index contributed by atoms with van der Waals surface area (Å²) in [5.41, 5.74) is 0. The number of rotatable bonds is 8. The number of carbonyl (C=O) groups excluding carboxylic acids is 1. The van der Waals surface area contributed by atoms with Crippen LogP contribution in [0.2, 0.25) is 5.02 Å². The zero-order valence-electron chi connectivity index (χ0n) is 11.9. The second kappa shape index (κ2) is 9.24. The molecule has 5 heteroatoms. The summed E-state index contributed by atoms with van der Waals surface area (Å²) >= 11 is 9.31. The third-order valence-corrected chi connectivity index (χ3v) is 3.83. The van der Waals surface area contributed by atoms with Gasteiger partial charge in [0, 0.05) is 16.9 Å². The van der Waals surface area contributed by atoms with Crippen LogP contribution in [0, 0.1) is 5.92 Å². The molecule has 0 fully saturated rings. The molecule has 0 aliphatic heterocycles. The molecule has 1 amide bonds. The molecule has 0 saturated heterocycles. The number of benzene rings is 1. The maximum absolute atomic E-state index is 12.0. The van der Waals surface area contributed by atoms with Gasteiger partial charge in [-0.1, -0.05) is 46.9 Å². The van der Waals surface area contributed by atoms with E-state index in [1.54, 1.807) is 31.2 Å². The van der Waals surface area contributed by atoms with Gasteiger partial charge in [0.05, 0.1) is 0 Å². The molecule has 20 heavy (non-hydrogen) atoms. The molecule has 0 bridgehead atoms. The Balaban J connectivity index is 2.42. The number of amides is 1. The standard InChI is InChI=1S/C15H21BrClNO2/c1-3-12(7-8-16)10-18-15(19)11(2)20-14-6-4-5-13(17)9-14/h4-6,9,11-12H,3,7-8,10H2,1-2H3,(H,18,19). The summed E-state index contributed by atoms with van der Waals surface area (Å²) < 4.78 is 5.58. The van der Waals surface area contributed by atoms with Crippen molar-refractivity contribution in [3.63, 3.8) is 0 Å². The van der Waals surface area contributed by atoms with Gasteiger partial charge in [0.25, 0.3) is 5.91 Å². The van der Waals surface area contributed by atoms with Crippen molar-refractivity contribution in [2.75, 3.05) is 11.9 Å². The summed E-state index contributed by atoms with van der Waals surface area (Å²) in [7, 11) is 0. The average molecular weight is 363 g/mol. The van der Waals surface area contributed by atoms with E-state index in [4.69, 9.17) is 16.3 Å². The van der Waals surface area contributed by atoms with E-state index in [2.05, 4.69) is 28.2 Å². The monoisotopic (exact) mass is 361 g/mol. The Labute approximate surface area is 134 Å². The van der Waals surface area contributed by atoms with Crippen LogP contribution in [0.4, 0.5) is 0 Å². The highest BCUT2D eigenvalue weighted by molar-refractivity contribution is 9.09. The van der Waals surface area contributed by atoms with Crippen LogP contribution in [0.3, 0.4) is 0 Å². The Morgan fingerprint density at radius 1 is 1.50 bits per heavy atom. The molecule has 0 heterocycles. The second-order valence-corrected chi connectivity index (χ2v) is 5.94. The molecule has 3 nitrogen and oxygen atoms in total. The van der Waals surface area contributed by atoms with Gasteiger partial charge >= 0.3 is 0 Å². The Hall–Kier alpha value is -0.740. The third kappa shape index (κ3) is 6.14. The van der Waals surface area contributed by atoms with Crippen molar-refractivity contribution in [1.29, 1.82) is 0 Å². The van der Waals surface area contributed by atoms with Gasteiger partial charge in [-0.3, -0.25) is 4.79 Å². The van der Waals surface area contributed by atoms with Crippen LogP contribution < -0.4 is 10.1 Å². The van der Waals surface area contributed by atoms with Crippen LogP contribution in [0.5, 0.6) is 5.75 Å². The van der Waals surface area contributed by atoms with Crippen molar-refractivity contribution in [2.24, 2.45) is 5.92 Å². The van der Waals surface area contributed by atoms with E-state index >= 15 is 0 Å². The van der Waals surface area contributed by atoms with Crippen LogP contribution in [0.1, 0.15) is 26.7 Å². The minimum Gasteiger partial charge on any atom is -0.481 e. The number of ether oxygens (including phenoxy) is 1. The van der Waals surface area contributed by atoms with Crippen molar-refractivity contribution in [3.05, 3.63) is 29.3 Å². The normalized spacial score (nSPS) is 13.6. The van der Waals surface area contributed by atoms with Gasteiger partial charge in [0.2, 0.25) is 0 Å². The van der Waals surface area contributed by atoms with E-state index in [1.807, 2.05) is 0 Å². The summed E-state index contributed by atoms with van der Waals surface area (Å²) in [5, 5.41) is 4.49. The third-order valence-electron chi connectivity index (χ3n) is 3.14. The van der Waals surface area contributed by atoms with Crippen molar-refractivity contribution in [2.45, 2.75) is 32.8 Å². The number of nitrogens with one attached hydrogen (secondary N) is 1. The first kappa shape index (κ1) is 17.3. The Bertz CT molecular complexity index is 428. The predicted molar refractivity (Wildman–Crippen MR) is 86.7 cm³/mol. The van der Waals surface area contributed by atoms with Gasteiger partial charge in [-0.25, -0.2) is 0 Å². The lowest BCUT2D eigenvalue weighted by molar-refractivity contribution is -0.127. The van der Waals surface area contributed by atoms with Gasteiger partial charge in [0.1, 0.15) is 5.75 Å². The van der Waals surface area contributed by atoms with Crippen molar-refractivity contribution < 1.29 is 9.53 Å². The van der Waals surface area contributed by atoms with E-state index in [0.29, 0.717) is 23.2 Å². The minimum atomic E-state index is -0.532. The first-order valence-electron chi connectivity index (χ1n) is 6.82. The van der Waals surface area contributed by atoms with Crippen molar-refractivity contribution >= 4 is 33.4 Å². The van der Waals surface area contributed by atoms with Crippen LogP contribution in [-0.2, 0) is 4.79 Å². The largest absolute Gasteiger partial charge is 0.481 e. The van der Waals surface area contributed by atoms with E-state index < -0.39 is 6.10 Å². The summed E-state index contributed by atoms with van der Waals surface area (Å²) in [4.78, 5) is 12.0. The van der Waals surface area contributed by atoms with E-state index in [1.165, 1.54) is 0 Å². The molecule has 2 atom stereocenters. The van der Waals surface area contributed by atoms with Crippen LogP contribution in [0.25, 0.3) is 0 Å². The molecule has 0 radical (unpaired) electrons. The number of halogens is 2. The molecule has 1 aromatic rings. The highest BCUT2D eigenvalue weighted by atomic mass is 79.9. The Kier molecular flexibility index (Phi) is 8.00. The molecule has 1 N–H and O–H groups in total. The number of alkyl halides is 1. The van der Waals surface area contributed by atoms with Crippen molar-refractivity contribution in [1.82, 2.24) is 5.32 Å². The second-order valence-electron chi connectivity index (χ2n) is 4.71. The fourth-order valence-corrected chi connectivity index (χ4v) is 2.62. The van der Waals surface area contributed by atoms with E-state index in [0.717, 1.165) is 18.2 Å². The molecule has 0 aliphatic carbocycles. The topological polar surface area (TPSA) is 38.3 Å². The minimum absolute atomic E-state index is 0.0991. The smallest absolute Gasteiger partial charge is 0.260 e. The van der Waals surface area contributed by atoms with Gasteiger partial charge in [0.15, 0.2) is 6.10 Å². The maximum atomic E-state index is 12.0. The lowest BCUT2D eigenvalue weighted by Crippen LogP contribution is -2.38. The highest BCUT2D eigenvalue weighted by Crippen LogP contribution is 2.18. The summed E-state index contributed by atoms with van der Waals surface area (Å²) in [6.07, 6.45) is 1.57. The van der Waals surface area contributed by atoms with Gasteiger partial charge in [-0.2, -0.15) is 0 Å². The van der Waals surface area contributed by atoms with Gasteiger partial charge < -0.3 is 10.1 Å². The van der Waals surface area contributed by atoms with Crippen LogP contribution >= 0.6 is 27.5 Å². The fourth-order valence-electron chi connectivity index (χ4n) is 1.79. The number of carbonyl (C=O) groups is 1. The number of hydrogen-bond donors (Lipinski definition) is 1. The highest BCUT2D eigenvalue weighted by Gasteiger charge is 2.16. The summed E-state index contributed by atoms with van der Waals surface area (Å²) in [5.74, 6) is 1.00. The molecule has 0 saturated carbocycles. The molecule has 0 aromatic heterocycles. The molecule has 0 aliphatic rings. The molecule has 0 spiro atoms. The predicted octanol–water partition coefficient (Wildman–Crippen LogP) is 4.03. The van der Waals surface area contributed by atoms with E-state index in [-0.39, 0.29) is 5.91 Å². The number of hydrogen-bond acceptors (Lipinski definition) is 2. The lowest BCUT2D eigenvalue weighted by Gasteiger charge is -2.18. The summed E-state index contributed by atoms with van der Waals surface area (Å²) in [6, 6.07) is 7.05.